The minimum Gasteiger partial charge on any atom is -0.369 e. The van der Waals surface area contributed by atoms with Gasteiger partial charge in [0.05, 0.1) is 11.2 Å². The summed E-state index contributed by atoms with van der Waals surface area (Å²) in [6, 6.07) is 9.39. The number of fused-ring (bicyclic) bond motifs is 1. The molecule has 0 atom stereocenters. The summed E-state index contributed by atoms with van der Waals surface area (Å²) in [4.78, 5) is 8.30. The van der Waals surface area contributed by atoms with Crippen LogP contribution in [0.2, 0.25) is 0 Å². The highest BCUT2D eigenvalue weighted by atomic mass is 15.1. The van der Waals surface area contributed by atoms with Crippen molar-refractivity contribution in [3.05, 3.63) is 36.5 Å². The molecule has 5 heteroatoms. The van der Waals surface area contributed by atoms with Crippen LogP contribution in [0.4, 0.5) is 5.69 Å². The molecule has 0 aliphatic carbocycles. The van der Waals surface area contributed by atoms with Gasteiger partial charge < -0.3 is 5.73 Å². The van der Waals surface area contributed by atoms with Crippen LogP contribution in [0.3, 0.4) is 0 Å². The second-order valence-electron chi connectivity index (χ2n) is 3.09. The van der Waals surface area contributed by atoms with Crippen molar-refractivity contribution in [3.63, 3.8) is 0 Å². The highest BCUT2D eigenvalue weighted by Crippen LogP contribution is 2.22. The van der Waals surface area contributed by atoms with Crippen LogP contribution in [0.25, 0.3) is 10.9 Å². The smallest absolute Gasteiger partial charge is 0.207 e. The van der Waals surface area contributed by atoms with Crippen LogP contribution in [0.5, 0.6) is 0 Å². The quantitative estimate of drug-likeness (QED) is 0.321. The zero-order chi connectivity index (χ0) is 11.4. The zero-order valence-corrected chi connectivity index (χ0v) is 8.38. The molecule has 0 fully saturated rings. The van der Waals surface area contributed by atoms with E-state index in [1.807, 2.05) is 24.3 Å². The van der Waals surface area contributed by atoms with Crippen molar-refractivity contribution in [1.29, 1.82) is 5.26 Å². The van der Waals surface area contributed by atoms with Crippen LogP contribution >= 0.6 is 0 Å². The number of nitrogens with zero attached hydrogens (tertiary/aromatic N) is 3. The number of benzene rings is 1. The molecular weight excluding hydrogens is 202 g/mol. The lowest BCUT2D eigenvalue weighted by molar-refractivity contribution is 1.22. The number of rotatable bonds is 1. The van der Waals surface area contributed by atoms with Gasteiger partial charge in [0.25, 0.3) is 0 Å². The van der Waals surface area contributed by atoms with Crippen LogP contribution in [-0.4, -0.2) is 10.9 Å². The van der Waals surface area contributed by atoms with Crippen molar-refractivity contribution < 1.29 is 0 Å². The lowest BCUT2D eigenvalue weighted by Crippen LogP contribution is -2.26. The standard InChI is InChI=1S/C11H9N5/c12-7-15-11(13)16-9-5-1-3-8-4-2-6-14-10(8)9/h1-6H,(H3,13,15,16). The fourth-order valence-electron chi connectivity index (χ4n) is 1.39. The Morgan fingerprint density at radius 3 is 3.00 bits per heavy atom. The molecule has 2 aromatic rings. The van der Waals surface area contributed by atoms with Gasteiger partial charge in [-0.1, -0.05) is 18.2 Å². The summed E-state index contributed by atoms with van der Waals surface area (Å²) in [7, 11) is 0. The van der Waals surface area contributed by atoms with E-state index in [-0.39, 0.29) is 5.96 Å². The van der Waals surface area contributed by atoms with Gasteiger partial charge in [-0.05, 0) is 12.1 Å². The van der Waals surface area contributed by atoms with E-state index in [1.165, 1.54) is 0 Å². The highest BCUT2D eigenvalue weighted by molar-refractivity contribution is 5.92. The van der Waals surface area contributed by atoms with Gasteiger partial charge in [-0.25, -0.2) is 4.99 Å². The lowest BCUT2D eigenvalue weighted by atomic mass is 10.2. The van der Waals surface area contributed by atoms with E-state index in [0.717, 1.165) is 10.9 Å². The third kappa shape index (κ3) is 1.91. The van der Waals surface area contributed by atoms with Crippen molar-refractivity contribution in [2.75, 3.05) is 0 Å². The largest absolute Gasteiger partial charge is 0.369 e. The van der Waals surface area contributed by atoms with Crippen molar-refractivity contribution in [1.82, 2.24) is 10.3 Å². The van der Waals surface area contributed by atoms with Crippen LogP contribution in [0.1, 0.15) is 0 Å². The van der Waals surface area contributed by atoms with Gasteiger partial charge in [0.1, 0.15) is 0 Å². The molecule has 1 aromatic heterocycles. The highest BCUT2D eigenvalue weighted by Gasteiger charge is 2.00. The third-order valence-corrected chi connectivity index (χ3v) is 2.04. The maximum Gasteiger partial charge on any atom is 0.207 e. The Labute approximate surface area is 92.2 Å². The number of hydrogen-bond acceptors (Lipinski definition) is 3. The van der Waals surface area contributed by atoms with Gasteiger partial charge in [0, 0.05) is 11.6 Å². The van der Waals surface area contributed by atoms with E-state index in [1.54, 1.807) is 18.5 Å². The lowest BCUT2D eigenvalue weighted by Gasteiger charge is -2.01. The monoisotopic (exact) mass is 211 g/mol. The van der Waals surface area contributed by atoms with Gasteiger partial charge in [0.2, 0.25) is 5.96 Å². The number of nitrogens with one attached hydrogen (secondary N) is 1. The topological polar surface area (TPSA) is 87.1 Å². The second-order valence-corrected chi connectivity index (χ2v) is 3.09. The molecule has 0 saturated carbocycles. The molecule has 0 radical (unpaired) electrons. The number of aliphatic imine (C=N–C) groups is 1. The van der Waals surface area contributed by atoms with E-state index in [9.17, 15) is 0 Å². The summed E-state index contributed by atoms with van der Waals surface area (Å²) in [5.74, 6) is 0.0562. The van der Waals surface area contributed by atoms with E-state index in [0.29, 0.717) is 5.69 Å². The van der Waals surface area contributed by atoms with E-state index < -0.39 is 0 Å². The van der Waals surface area contributed by atoms with E-state index in [4.69, 9.17) is 11.0 Å². The van der Waals surface area contributed by atoms with Crippen molar-refractivity contribution in [3.8, 4) is 6.19 Å². The molecule has 2 rings (SSSR count). The molecule has 0 spiro atoms. The number of pyridine rings is 1. The average molecular weight is 211 g/mol. The van der Waals surface area contributed by atoms with Crippen molar-refractivity contribution in [2.24, 2.45) is 10.7 Å². The van der Waals surface area contributed by atoms with Crippen LogP contribution in [-0.2, 0) is 0 Å². The fraction of sp³-hybridized carbons (Fsp3) is 0. The number of nitriles is 1. The third-order valence-electron chi connectivity index (χ3n) is 2.04. The molecule has 78 valence electrons. The van der Waals surface area contributed by atoms with E-state index in [2.05, 4.69) is 15.3 Å². The Morgan fingerprint density at radius 1 is 1.38 bits per heavy atom. The summed E-state index contributed by atoms with van der Waals surface area (Å²) in [6.45, 7) is 0. The summed E-state index contributed by atoms with van der Waals surface area (Å²) < 4.78 is 0. The van der Waals surface area contributed by atoms with Crippen LogP contribution in [0, 0.1) is 11.5 Å². The molecule has 0 aliphatic heterocycles. The van der Waals surface area contributed by atoms with Gasteiger partial charge in [-0.2, -0.15) is 5.26 Å². The van der Waals surface area contributed by atoms with Crippen LogP contribution in [0.15, 0.2) is 41.5 Å². The Hall–Kier alpha value is -2.61. The van der Waals surface area contributed by atoms with Crippen LogP contribution < -0.4 is 11.1 Å². The second kappa shape index (κ2) is 4.28. The number of hydrogen-bond donors (Lipinski definition) is 2. The molecule has 1 aromatic carbocycles. The number of para-hydroxylation sites is 1. The molecule has 0 bridgehead atoms. The minimum atomic E-state index is 0.0562. The maximum absolute atomic E-state index is 8.39. The molecule has 16 heavy (non-hydrogen) atoms. The van der Waals surface area contributed by atoms with Gasteiger partial charge >= 0.3 is 0 Å². The molecule has 0 amide bonds. The Morgan fingerprint density at radius 2 is 2.19 bits per heavy atom. The first kappa shape index (κ1) is 9.93. The molecule has 0 aliphatic rings. The summed E-state index contributed by atoms with van der Waals surface area (Å²) in [6.07, 6.45) is 3.40. The fourth-order valence-corrected chi connectivity index (χ4v) is 1.39. The van der Waals surface area contributed by atoms with Gasteiger partial charge in [-0.3, -0.25) is 10.3 Å². The molecule has 1 heterocycles. The van der Waals surface area contributed by atoms with Crippen molar-refractivity contribution in [2.45, 2.75) is 0 Å². The minimum absolute atomic E-state index is 0.0562. The molecular formula is C11H9N5. The summed E-state index contributed by atoms with van der Waals surface area (Å²) in [5, 5.41) is 11.6. The number of nitrogens with two attached hydrogens (primary N) is 1. The summed E-state index contributed by atoms with van der Waals surface area (Å²) in [5.41, 5.74) is 6.89. The first-order valence-corrected chi connectivity index (χ1v) is 4.64. The van der Waals surface area contributed by atoms with Crippen molar-refractivity contribution >= 4 is 22.5 Å². The predicted octanol–water partition coefficient (Wildman–Crippen LogP) is 1.25. The molecule has 5 nitrogen and oxygen atoms in total. The average Bonchev–Trinajstić information content (AvgIpc) is 2.30. The number of aromatic nitrogens is 1. The van der Waals surface area contributed by atoms with E-state index >= 15 is 0 Å². The molecule has 0 unspecified atom stereocenters. The first-order chi connectivity index (χ1) is 7.81. The maximum atomic E-state index is 8.39. The Bertz CT molecular complexity index is 577. The number of guanidine groups is 1. The Kier molecular flexibility index (Phi) is 2.65. The molecule has 0 saturated heterocycles. The summed E-state index contributed by atoms with van der Waals surface area (Å²) >= 11 is 0. The SMILES string of the molecule is N#CNC(N)=Nc1cccc2cccnc12. The predicted molar refractivity (Wildman–Crippen MR) is 61.8 cm³/mol. The Balaban J connectivity index is 2.53. The zero-order valence-electron chi connectivity index (χ0n) is 8.38. The van der Waals surface area contributed by atoms with Gasteiger partial charge in [-0.15, -0.1) is 0 Å². The molecule has 3 N–H and O–H groups in total. The normalized spacial score (nSPS) is 11.1. The van der Waals surface area contributed by atoms with Gasteiger partial charge in [0.15, 0.2) is 6.19 Å². The first-order valence-electron chi connectivity index (χ1n) is 4.64.